The summed E-state index contributed by atoms with van der Waals surface area (Å²) in [4.78, 5) is 40.7. The number of ether oxygens (including phenoxy) is 1. The maximum absolute atomic E-state index is 12.0. The van der Waals surface area contributed by atoms with E-state index in [4.69, 9.17) is 17.0 Å². The van der Waals surface area contributed by atoms with Crippen LogP contribution in [0.25, 0.3) is 0 Å². The number of hydrogen-bond donors (Lipinski definition) is 1. The Balaban J connectivity index is 1.74. The molecule has 0 bridgehead atoms. The smallest absolute Gasteiger partial charge is 0.341 e. The summed E-state index contributed by atoms with van der Waals surface area (Å²) in [5.41, 5.74) is 0.322. The van der Waals surface area contributed by atoms with Crippen LogP contribution in [0.5, 0.6) is 0 Å². The van der Waals surface area contributed by atoms with Crippen molar-refractivity contribution in [2.75, 3.05) is 31.7 Å². The molecule has 0 spiro atoms. The number of hydrogen-bond acceptors (Lipinski definition) is 8. The first-order valence-electron chi connectivity index (χ1n) is 6.93. The van der Waals surface area contributed by atoms with Crippen molar-refractivity contribution in [3.8, 4) is 0 Å². The van der Waals surface area contributed by atoms with Crippen molar-refractivity contribution in [3.05, 3.63) is 23.9 Å². The highest BCUT2D eigenvalue weighted by Crippen LogP contribution is 2.18. The van der Waals surface area contributed by atoms with Gasteiger partial charge in [-0.15, -0.1) is 11.8 Å². The number of esters is 1. The Labute approximate surface area is 152 Å². The summed E-state index contributed by atoms with van der Waals surface area (Å²) in [7, 11) is 0. The van der Waals surface area contributed by atoms with Crippen LogP contribution in [0, 0.1) is 0 Å². The van der Waals surface area contributed by atoms with Crippen molar-refractivity contribution < 1.29 is 19.1 Å². The van der Waals surface area contributed by atoms with Gasteiger partial charge in [-0.05, 0) is 18.4 Å². The molecule has 0 unspecified atom stereocenters. The Morgan fingerprint density at radius 3 is 3.00 bits per heavy atom. The van der Waals surface area contributed by atoms with Crippen LogP contribution < -0.4 is 5.32 Å². The molecule has 1 aromatic heterocycles. The number of thioether (sulfide) groups is 2. The number of nitrogens with one attached hydrogen (secondary N) is 1. The van der Waals surface area contributed by atoms with E-state index in [1.165, 1.54) is 28.4 Å². The second-order valence-electron chi connectivity index (χ2n) is 4.59. The van der Waals surface area contributed by atoms with E-state index in [0.29, 0.717) is 27.2 Å². The maximum Gasteiger partial charge on any atom is 0.341 e. The molecule has 2 heterocycles. The van der Waals surface area contributed by atoms with Crippen LogP contribution in [0.2, 0.25) is 0 Å². The highest BCUT2D eigenvalue weighted by Gasteiger charge is 2.26. The Hall–Kier alpha value is -1.65. The van der Waals surface area contributed by atoms with Crippen LogP contribution in [0.3, 0.4) is 0 Å². The predicted molar refractivity (Wildman–Crippen MR) is 96.1 cm³/mol. The largest absolute Gasteiger partial charge is 0.452 e. The summed E-state index contributed by atoms with van der Waals surface area (Å²) in [5.74, 6) is -0.766. The number of rotatable bonds is 7. The number of pyridine rings is 1. The first kappa shape index (κ1) is 18.7. The zero-order valence-corrected chi connectivity index (χ0v) is 15.3. The Bertz CT molecular complexity index is 652. The summed E-state index contributed by atoms with van der Waals surface area (Å²) in [5, 5.41) is 3.13. The van der Waals surface area contributed by atoms with Crippen LogP contribution in [-0.2, 0) is 14.3 Å². The lowest BCUT2D eigenvalue weighted by molar-refractivity contribution is -0.126. The van der Waals surface area contributed by atoms with Crippen molar-refractivity contribution in [1.82, 2.24) is 15.2 Å². The summed E-state index contributed by atoms with van der Waals surface area (Å²) in [6, 6.07) is 3.22. The van der Waals surface area contributed by atoms with Gasteiger partial charge in [-0.3, -0.25) is 14.5 Å². The third kappa shape index (κ3) is 4.92. The standard InChI is InChI=1S/C14H15N3O4S3/c1-23-12-9(3-2-4-16-12)13(20)21-7-10(18)15-5-6-17-11(19)8-24-14(17)22/h2-4H,5-8H2,1H3,(H,15,18). The van der Waals surface area contributed by atoms with Gasteiger partial charge in [-0.2, -0.15) is 0 Å². The van der Waals surface area contributed by atoms with E-state index >= 15 is 0 Å². The van der Waals surface area contributed by atoms with Gasteiger partial charge in [-0.1, -0.05) is 24.0 Å². The van der Waals surface area contributed by atoms with Crippen molar-refractivity contribution in [2.24, 2.45) is 0 Å². The number of aromatic nitrogens is 1. The van der Waals surface area contributed by atoms with Gasteiger partial charge >= 0.3 is 5.97 Å². The summed E-state index contributed by atoms with van der Waals surface area (Å²) in [6.45, 7) is 0.157. The lowest BCUT2D eigenvalue weighted by atomic mass is 10.3. The van der Waals surface area contributed by atoms with Crippen LogP contribution in [0.15, 0.2) is 23.4 Å². The monoisotopic (exact) mass is 385 g/mol. The van der Waals surface area contributed by atoms with Gasteiger partial charge in [0.1, 0.15) is 9.35 Å². The molecule has 2 amide bonds. The molecule has 1 aliphatic rings. The zero-order valence-electron chi connectivity index (χ0n) is 12.8. The van der Waals surface area contributed by atoms with E-state index in [1.807, 2.05) is 0 Å². The van der Waals surface area contributed by atoms with E-state index in [0.717, 1.165) is 0 Å². The van der Waals surface area contributed by atoms with Gasteiger partial charge in [0.05, 0.1) is 11.3 Å². The van der Waals surface area contributed by atoms with Crippen LogP contribution in [0.1, 0.15) is 10.4 Å². The molecule has 128 valence electrons. The fraction of sp³-hybridized carbons (Fsp3) is 0.357. The summed E-state index contributed by atoms with van der Waals surface area (Å²) in [6.07, 6.45) is 3.38. The van der Waals surface area contributed by atoms with Crippen LogP contribution >= 0.6 is 35.7 Å². The summed E-state index contributed by atoms with van der Waals surface area (Å²) >= 11 is 7.67. The predicted octanol–water partition coefficient (Wildman–Crippen LogP) is 0.937. The molecule has 1 aromatic rings. The minimum absolute atomic E-state index is 0.0631. The zero-order chi connectivity index (χ0) is 17.5. The second kappa shape index (κ2) is 9.00. The molecular formula is C14H15N3O4S3. The van der Waals surface area contributed by atoms with Gasteiger partial charge in [0.25, 0.3) is 5.91 Å². The normalized spacial score (nSPS) is 14.0. The molecule has 0 aromatic carbocycles. The highest BCUT2D eigenvalue weighted by atomic mass is 32.2. The third-order valence-corrected chi connectivity index (χ3v) is 5.16. The Morgan fingerprint density at radius 2 is 2.33 bits per heavy atom. The Morgan fingerprint density at radius 1 is 1.54 bits per heavy atom. The minimum atomic E-state index is -0.602. The number of carbonyl (C=O) groups excluding carboxylic acids is 3. The van der Waals surface area contributed by atoms with Crippen molar-refractivity contribution in [2.45, 2.75) is 5.03 Å². The van der Waals surface area contributed by atoms with E-state index < -0.39 is 18.5 Å². The van der Waals surface area contributed by atoms with Gasteiger partial charge in [-0.25, -0.2) is 9.78 Å². The van der Waals surface area contributed by atoms with Gasteiger partial charge < -0.3 is 10.1 Å². The molecule has 7 nitrogen and oxygen atoms in total. The topological polar surface area (TPSA) is 88.6 Å². The summed E-state index contributed by atoms with van der Waals surface area (Å²) < 4.78 is 5.50. The molecule has 0 radical (unpaired) electrons. The van der Waals surface area contributed by atoms with Crippen LogP contribution in [-0.4, -0.2) is 63.7 Å². The first-order valence-corrected chi connectivity index (χ1v) is 9.54. The van der Waals surface area contributed by atoms with Gasteiger partial charge in [0.15, 0.2) is 6.61 Å². The molecule has 0 atom stereocenters. The number of nitrogens with zero attached hydrogens (tertiary/aromatic N) is 2. The number of carbonyl (C=O) groups is 3. The number of thiocarbonyl (C=S) groups is 1. The molecule has 10 heteroatoms. The average molecular weight is 385 g/mol. The molecular weight excluding hydrogens is 370 g/mol. The quantitative estimate of drug-likeness (QED) is 0.421. The number of amides is 2. The maximum atomic E-state index is 12.0. The fourth-order valence-corrected chi connectivity index (χ4v) is 3.53. The van der Waals surface area contributed by atoms with E-state index in [-0.39, 0.29) is 12.5 Å². The van der Waals surface area contributed by atoms with Gasteiger partial charge in [0.2, 0.25) is 5.91 Å². The van der Waals surface area contributed by atoms with Gasteiger partial charge in [0, 0.05) is 19.3 Å². The van der Waals surface area contributed by atoms with E-state index in [2.05, 4.69) is 10.3 Å². The van der Waals surface area contributed by atoms with E-state index in [1.54, 1.807) is 24.6 Å². The third-order valence-electron chi connectivity index (χ3n) is 3.02. The molecule has 24 heavy (non-hydrogen) atoms. The highest BCUT2D eigenvalue weighted by molar-refractivity contribution is 8.23. The lowest BCUT2D eigenvalue weighted by Gasteiger charge is -2.15. The second-order valence-corrected chi connectivity index (χ2v) is 6.99. The van der Waals surface area contributed by atoms with Crippen molar-refractivity contribution in [1.29, 1.82) is 0 Å². The fourth-order valence-electron chi connectivity index (χ4n) is 1.87. The minimum Gasteiger partial charge on any atom is -0.452 e. The Kier molecular flexibility index (Phi) is 7.00. The molecule has 0 aliphatic carbocycles. The molecule has 0 saturated carbocycles. The van der Waals surface area contributed by atoms with Crippen molar-refractivity contribution >= 4 is 57.8 Å². The van der Waals surface area contributed by atoms with Crippen LogP contribution in [0.4, 0.5) is 0 Å². The first-order chi connectivity index (χ1) is 11.5. The molecule has 1 aliphatic heterocycles. The molecule has 1 N–H and O–H groups in total. The molecule has 1 saturated heterocycles. The molecule has 2 rings (SSSR count). The average Bonchev–Trinajstić information content (AvgIpc) is 2.91. The lowest BCUT2D eigenvalue weighted by Crippen LogP contribution is -2.38. The van der Waals surface area contributed by atoms with E-state index in [9.17, 15) is 14.4 Å². The van der Waals surface area contributed by atoms with Crippen molar-refractivity contribution in [3.63, 3.8) is 0 Å². The SMILES string of the molecule is CSc1ncccc1C(=O)OCC(=O)NCCN1C(=O)CSC1=S. The molecule has 1 fully saturated rings.